The number of amides is 1. The highest BCUT2D eigenvalue weighted by molar-refractivity contribution is 6.04. The second-order valence-electron chi connectivity index (χ2n) is 5.80. The van der Waals surface area contributed by atoms with Crippen LogP contribution in [0.4, 0.5) is 17.2 Å². The van der Waals surface area contributed by atoms with Gasteiger partial charge in [0.2, 0.25) is 0 Å². The van der Waals surface area contributed by atoms with Gasteiger partial charge in [-0.3, -0.25) is 4.79 Å². The molecule has 0 saturated carbocycles. The van der Waals surface area contributed by atoms with Gasteiger partial charge in [0.1, 0.15) is 29.3 Å². The summed E-state index contributed by atoms with van der Waals surface area (Å²) in [6.07, 6.45) is 1.34. The lowest BCUT2D eigenvalue weighted by molar-refractivity contribution is 0.102. The van der Waals surface area contributed by atoms with Crippen LogP contribution in [0.25, 0.3) is 0 Å². The van der Waals surface area contributed by atoms with E-state index in [2.05, 4.69) is 20.6 Å². The van der Waals surface area contributed by atoms with Crippen molar-refractivity contribution in [3.63, 3.8) is 0 Å². The van der Waals surface area contributed by atoms with E-state index in [0.717, 1.165) is 11.3 Å². The first kappa shape index (κ1) is 18.2. The van der Waals surface area contributed by atoms with E-state index in [4.69, 9.17) is 9.47 Å². The fourth-order valence-corrected chi connectivity index (χ4v) is 2.52. The van der Waals surface area contributed by atoms with Gasteiger partial charge < -0.3 is 20.1 Å². The molecule has 1 heterocycles. The number of anilines is 3. The number of methoxy groups -OCH3 is 2. The Balaban J connectivity index is 1.80. The molecule has 1 amide bonds. The van der Waals surface area contributed by atoms with Gasteiger partial charge in [0.05, 0.1) is 19.9 Å². The van der Waals surface area contributed by atoms with Crippen molar-refractivity contribution in [2.75, 3.05) is 24.9 Å². The van der Waals surface area contributed by atoms with Crippen LogP contribution in [0.3, 0.4) is 0 Å². The standard InChI is InChI=1S/C20H20N4O3/c1-13-5-4-6-14(9-13)23-19-11-17(21-12-22-19)20(25)24-16-10-15(26-2)7-8-18(16)27-3/h4-12H,1-3H3,(H,24,25)(H,21,22,23). The maximum Gasteiger partial charge on any atom is 0.274 e. The van der Waals surface area contributed by atoms with Crippen molar-refractivity contribution in [3.05, 3.63) is 66.1 Å². The number of hydrogen-bond acceptors (Lipinski definition) is 6. The quantitative estimate of drug-likeness (QED) is 0.692. The number of hydrogen-bond donors (Lipinski definition) is 2. The van der Waals surface area contributed by atoms with Gasteiger partial charge in [-0.05, 0) is 36.8 Å². The zero-order valence-corrected chi connectivity index (χ0v) is 15.3. The Morgan fingerprint density at radius 3 is 2.59 bits per heavy atom. The molecule has 3 rings (SSSR count). The van der Waals surface area contributed by atoms with Crippen molar-refractivity contribution < 1.29 is 14.3 Å². The average molecular weight is 364 g/mol. The van der Waals surface area contributed by atoms with Crippen molar-refractivity contribution >= 4 is 23.1 Å². The summed E-state index contributed by atoms with van der Waals surface area (Å²) in [5.41, 5.74) is 2.73. The van der Waals surface area contributed by atoms with Gasteiger partial charge in [0.25, 0.3) is 5.91 Å². The summed E-state index contributed by atoms with van der Waals surface area (Å²) in [6.45, 7) is 2.01. The molecular weight excluding hydrogens is 344 g/mol. The lowest BCUT2D eigenvalue weighted by Gasteiger charge is -2.12. The zero-order valence-electron chi connectivity index (χ0n) is 15.3. The number of carbonyl (C=O) groups excluding carboxylic acids is 1. The number of carbonyl (C=O) groups is 1. The van der Waals surface area contributed by atoms with Crippen molar-refractivity contribution in [1.29, 1.82) is 0 Å². The molecule has 0 bridgehead atoms. The van der Waals surface area contributed by atoms with Crippen LogP contribution < -0.4 is 20.1 Å². The average Bonchev–Trinajstić information content (AvgIpc) is 2.68. The predicted molar refractivity (Wildman–Crippen MR) is 104 cm³/mol. The molecule has 0 spiro atoms. The summed E-state index contributed by atoms with van der Waals surface area (Å²) < 4.78 is 10.5. The first-order valence-corrected chi connectivity index (χ1v) is 8.28. The molecule has 138 valence electrons. The van der Waals surface area contributed by atoms with Crippen LogP contribution >= 0.6 is 0 Å². The van der Waals surface area contributed by atoms with Gasteiger partial charge in [-0.15, -0.1) is 0 Å². The summed E-state index contributed by atoms with van der Waals surface area (Å²) in [5, 5.41) is 5.96. The highest BCUT2D eigenvalue weighted by Gasteiger charge is 2.13. The van der Waals surface area contributed by atoms with E-state index < -0.39 is 0 Å². The molecule has 0 fully saturated rings. The van der Waals surface area contributed by atoms with Gasteiger partial charge in [-0.25, -0.2) is 9.97 Å². The second-order valence-corrected chi connectivity index (χ2v) is 5.80. The first-order chi connectivity index (χ1) is 13.1. The third kappa shape index (κ3) is 4.52. The van der Waals surface area contributed by atoms with E-state index in [-0.39, 0.29) is 11.6 Å². The zero-order chi connectivity index (χ0) is 19.2. The summed E-state index contributed by atoms with van der Waals surface area (Å²) in [5.74, 6) is 1.28. The molecule has 0 aliphatic rings. The lowest BCUT2D eigenvalue weighted by atomic mass is 10.2. The van der Waals surface area contributed by atoms with E-state index in [9.17, 15) is 4.79 Å². The Labute approximate surface area is 157 Å². The number of nitrogens with zero attached hydrogens (tertiary/aromatic N) is 2. The van der Waals surface area contributed by atoms with E-state index in [1.54, 1.807) is 31.4 Å². The van der Waals surface area contributed by atoms with E-state index in [0.29, 0.717) is 23.0 Å². The van der Waals surface area contributed by atoms with Gasteiger partial charge in [-0.2, -0.15) is 0 Å². The van der Waals surface area contributed by atoms with Crippen LogP contribution in [0, 0.1) is 6.92 Å². The molecule has 0 saturated heterocycles. The highest BCUT2D eigenvalue weighted by Crippen LogP contribution is 2.29. The Kier molecular flexibility index (Phi) is 5.51. The minimum Gasteiger partial charge on any atom is -0.497 e. The van der Waals surface area contributed by atoms with Crippen molar-refractivity contribution in [3.8, 4) is 11.5 Å². The minimum absolute atomic E-state index is 0.227. The Hall–Kier alpha value is -3.61. The molecule has 0 aliphatic heterocycles. The van der Waals surface area contributed by atoms with Crippen molar-refractivity contribution in [1.82, 2.24) is 9.97 Å². The van der Waals surface area contributed by atoms with Crippen LogP contribution in [0.15, 0.2) is 54.9 Å². The lowest BCUT2D eigenvalue weighted by Crippen LogP contribution is -2.15. The number of aromatic nitrogens is 2. The Bertz CT molecular complexity index is 959. The smallest absolute Gasteiger partial charge is 0.274 e. The molecule has 0 radical (unpaired) electrons. The third-order valence-electron chi connectivity index (χ3n) is 3.85. The summed E-state index contributed by atoms with van der Waals surface area (Å²) in [4.78, 5) is 20.8. The van der Waals surface area contributed by atoms with E-state index in [1.165, 1.54) is 13.4 Å². The molecule has 0 aliphatic carbocycles. The van der Waals surface area contributed by atoms with Gasteiger partial charge in [0.15, 0.2) is 0 Å². The van der Waals surface area contributed by atoms with Crippen LogP contribution in [0.2, 0.25) is 0 Å². The maximum atomic E-state index is 12.6. The monoisotopic (exact) mass is 364 g/mol. The Morgan fingerprint density at radius 1 is 1.00 bits per heavy atom. The highest BCUT2D eigenvalue weighted by atomic mass is 16.5. The molecule has 2 N–H and O–H groups in total. The number of ether oxygens (including phenoxy) is 2. The Morgan fingerprint density at radius 2 is 1.85 bits per heavy atom. The topological polar surface area (TPSA) is 85.4 Å². The van der Waals surface area contributed by atoms with Crippen LogP contribution in [0.5, 0.6) is 11.5 Å². The number of nitrogens with one attached hydrogen (secondary N) is 2. The summed E-state index contributed by atoms with van der Waals surface area (Å²) in [7, 11) is 3.09. The molecule has 7 heteroatoms. The van der Waals surface area contributed by atoms with Crippen molar-refractivity contribution in [2.24, 2.45) is 0 Å². The molecule has 0 atom stereocenters. The third-order valence-corrected chi connectivity index (χ3v) is 3.85. The van der Waals surface area contributed by atoms with Gasteiger partial charge in [-0.1, -0.05) is 12.1 Å². The second kappa shape index (κ2) is 8.18. The van der Waals surface area contributed by atoms with E-state index >= 15 is 0 Å². The maximum absolute atomic E-state index is 12.6. The molecular formula is C20H20N4O3. The molecule has 7 nitrogen and oxygen atoms in total. The number of rotatable bonds is 6. The predicted octanol–water partition coefficient (Wildman–Crippen LogP) is 3.80. The summed E-state index contributed by atoms with van der Waals surface area (Å²) >= 11 is 0. The number of aryl methyl sites for hydroxylation is 1. The molecule has 3 aromatic rings. The fourth-order valence-electron chi connectivity index (χ4n) is 2.52. The largest absolute Gasteiger partial charge is 0.497 e. The van der Waals surface area contributed by atoms with E-state index in [1.807, 2.05) is 31.2 Å². The van der Waals surface area contributed by atoms with Gasteiger partial charge >= 0.3 is 0 Å². The van der Waals surface area contributed by atoms with Gasteiger partial charge in [0, 0.05) is 17.8 Å². The normalized spacial score (nSPS) is 10.2. The summed E-state index contributed by atoms with van der Waals surface area (Å²) in [6, 6.07) is 14.6. The van der Waals surface area contributed by atoms with Crippen molar-refractivity contribution in [2.45, 2.75) is 6.92 Å². The van der Waals surface area contributed by atoms with Crippen LogP contribution in [-0.2, 0) is 0 Å². The number of benzene rings is 2. The molecule has 27 heavy (non-hydrogen) atoms. The molecule has 2 aromatic carbocycles. The van der Waals surface area contributed by atoms with Crippen LogP contribution in [0.1, 0.15) is 16.1 Å². The molecule has 1 aromatic heterocycles. The fraction of sp³-hybridized carbons (Fsp3) is 0.150. The first-order valence-electron chi connectivity index (χ1n) is 8.28. The SMILES string of the molecule is COc1ccc(OC)c(NC(=O)c2cc(Nc3cccc(C)c3)ncn2)c1. The van der Waals surface area contributed by atoms with Crippen LogP contribution in [-0.4, -0.2) is 30.1 Å². The minimum atomic E-state index is -0.378. The molecule has 0 unspecified atom stereocenters.